The number of carbonyl (C=O) groups is 2. The standard InChI is InChI=1S/C35H31Cl2FN4O2.CH4/c36-21-9-10-23-25(16-21)40-34(44)35(23)31(22-2-1-3-24(37)32(22)38)30-28(42(35)17-19-6-7-19)12-13-41-27-11-8-20(15-26(27)39-33(30)41)29(43)14-18-4-5-18;/h1-3,8-11,15-16,18-19,28,30-31H,4-7,12-14,17H2,(H,40,44);1H4/t28-,30+,31-,35+;/m0./s1. The third-order valence-corrected chi connectivity index (χ3v) is 11.3. The maximum absolute atomic E-state index is 16.3. The fourth-order valence-corrected chi connectivity index (χ4v) is 8.82. The van der Waals surface area contributed by atoms with Crippen LogP contribution in [-0.4, -0.2) is 38.7 Å². The number of halogens is 3. The zero-order chi connectivity index (χ0) is 29.9. The molecule has 1 spiro atoms. The van der Waals surface area contributed by atoms with Crippen molar-refractivity contribution in [2.45, 2.75) is 75.9 Å². The smallest absolute Gasteiger partial charge is 0.250 e. The van der Waals surface area contributed by atoms with Crippen molar-refractivity contribution in [3.05, 3.63) is 93.0 Å². The van der Waals surface area contributed by atoms with E-state index in [4.69, 9.17) is 28.2 Å². The molecule has 3 aliphatic heterocycles. The quantitative estimate of drug-likeness (QED) is 0.214. The molecule has 4 atom stereocenters. The lowest BCUT2D eigenvalue weighted by Gasteiger charge is -2.40. The minimum absolute atomic E-state index is 0. The Kier molecular flexibility index (Phi) is 6.73. The van der Waals surface area contributed by atoms with Crippen molar-refractivity contribution in [3.63, 3.8) is 0 Å². The van der Waals surface area contributed by atoms with Crippen molar-refractivity contribution in [3.8, 4) is 0 Å². The van der Waals surface area contributed by atoms with E-state index in [9.17, 15) is 9.59 Å². The van der Waals surface area contributed by atoms with Gasteiger partial charge in [-0.2, -0.15) is 0 Å². The second kappa shape index (κ2) is 10.4. The second-order valence-corrected chi connectivity index (χ2v) is 14.2. The molecule has 0 radical (unpaired) electrons. The highest BCUT2D eigenvalue weighted by atomic mass is 35.5. The zero-order valence-corrected chi connectivity index (χ0v) is 25.5. The van der Waals surface area contributed by atoms with Crippen LogP contribution in [-0.2, 0) is 16.9 Å². The Balaban J connectivity index is 0.00000300. The highest BCUT2D eigenvalue weighted by Crippen LogP contribution is 2.64. The lowest BCUT2D eigenvalue weighted by molar-refractivity contribution is -0.128. The molecule has 4 heterocycles. The minimum atomic E-state index is -1.16. The summed E-state index contributed by atoms with van der Waals surface area (Å²) in [6.07, 6.45) is 5.85. The van der Waals surface area contributed by atoms with E-state index >= 15 is 4.39 Å². The molecule has 232 valence electrons. The van der Waals surface area contributed by atoms with E-state index in [1.54, 1.807) is 24.3 Å². The Morgan fingerprint density at radius 1 is 1.02 bits per heavy atom. The number of ketones is 1. The summed E-state index contributed by atoms with van der Waals surface area (Å²) in [6.45, 7) is 1.47. The van der Waals surface area contributed by atoms with Crippen LogP contribution in [0.1, 0.15) is 85.1 Å². The number of benzene rings is 3. The molecule has 3 aromatic carbocycles. The minimum Gasteiger partial charge on any atom is -0.328 e. The first kappa shape index (κ1) is 29.2. The molecule has 2 saturated carbocycles. The number of nitrogens with one attached hydrogen (secondary N) is 1. The molecule has 4 aromatic rings. The zero-order valence-electron chi connectivity index (χ0n) is 24.0. The topological polar surface area (TPSA) is 67.2 Å². The van der Waals surface area contributed by atoms with Gasteiger partial charge in [-0.1, -0.05) is 48.8 Å². The number of likely N-dealkylation sites (tertiary alicyclic amines) is 1. The van der Waals surface area contributed by atoms with Crippen molar-refractivity contribution in [1.29, 1.82) is 0 Å². The van der Waals surface area contributed by atoms with Crippen LogP contribution in [0.3, 0.4) is 0 Å². The molecular formula is C36H35Cl2FN4O2. The summed E-state index contributed by atoms with van der Waals surface area (Å²) < 4.78 is 18.5. The molecule has 1 N–H and O–H groups in total. The van der Waals surface area contributed by atoms with E-state index < -0.39 is 17.3 Å². The molecule has 0 unspecified atom stereocenters. The maximum Gasteiger partial charge on any atom is 0.250 e. The van der Waals surface area contributed by atoms with Gasteiger partial charge in [-0.25, -0.2) is 9.37 Å². The van der Waals surface area contributed by atoms with E-state index in [1.807, 2.05) is 30.3 Å². The fourth-order valence-electron chi connectivity index (χ4n) is 8.47. The third-order valence-electron chi connectivity index (χ3n) is 10.7. The van der Waals surface area contributed by atoms with Crippen LogP contribution in [0.25, 0.3) is 11.0 Å². The van der Waals surface area contributed by atoms with Crippen molar-refractivity contribution >= 4 is 51.6 Å². The Morgan fingerprint density at radius 3 is 2.60 bits per heavy atom. The van der Waals surface area contributed by atoms with Gasteiger partial charge in [-0.3, -0.25) is 14.5 Å². The summed E-state index contributed by atoms with van der Waals surface area (Å²) in [6, 6.07) is 16.4. The van der Waals surface area contributed by atoms with Crippen molar-refractivity contribution in [2.24, 2.45) is 11.8 Å². The van der Waals surface area contributed by atoms with Gasteiger partial charge < -0.3 is 9.88 Å². The van der Waals surface area contributed by atoms with Crippen LogP contribution in [0.15, 0.2) is 54.6 Å². The predicted octanol–water partition coefficient (Wildman–Crippen LogP) is 8.31. The van der Waals surface area contributed by atoms with E-state index in [0.29, 0.717) is 40.1 Å². The molecule has 6 nitrogen and oxygen atoms in total. The lowest BCUT2D eigenvalue weighted by Crippen LogP contribution is -2.53. The molecule has 45 heavy (non-hydrogen) atoms. The first-order valence-corrected chi connectivity index (χ1v) is 16.5. The average Bonchev–Trinajstić information content (AvgIpc) is 3.92. The number of Topliss-reactive ketones (excluding diaryl/α,β-unsaturated/α-hetero) is 1. The Bertz CT molecular complexity index is 1900. The van der Waals surface area contributed by atoms with Crippen LogP contribution in [0.5, 0.6) is 0 Å². The van der Waals surface area contributed by atoms with Gasteiger partial charge in [0.15, 0.2) is 5.78 Å². The van der Waals surface area contributed by atoms with Crippen LogP contribution in [0.2, 0.25) is 10.0 Å². The summed E-state index contributed by atoms with van der Waals surface area (Å²) in [5.74, 6) is 0.433. The van der Waals surface area contributed by atoms with Gasteiger partial charge in [-0.05, 0) is 85.9 Å². The van der Waals surface area contributed by atoms with Gasteiger partial charge in [0.25, 0.3) is 0 Å². The summed E-state index contributed by atoms with van der Waals surface area (Å²) in [7, 11) is 0. The molecule has 9 heteroatoms. The van der Waals surface area contributed by atoms with Gasteiger partial charge in [-0.15, -0.1) is 0 Å². The SMILES string of the molecule is C.O=C(CC1CC1)c1ccc2c(c1)nc1n2CC[C@H]2[C@@H]1[C@H](c1cccc(Cl)c1F)[C@]1(C(=O)Nc3cc(Cl)ccc31)N2CC1CC1. The maximum atomic E-state index is 16.3. The monoisotopic (exact) mass is 644 g/mol. The molecular weight excluding hydrogens is 610 g/mol. The first-order chi connectivity index (χ1) is 21.3. The third kappa shape index (κ3) is 4.26. The number of aryl methyl sites for hydroxylation is 1. The van der Waals surface area contributed by atoms with Crippen LogP contribution < -0.4 is 5.32 Å². The summed E-state index contributed by atoms with van der Waals surface area (Å²) in [5.41, 5.74) is 3.17. The predicted molar refractivity (Wildman–Crippen MR) is 175 cm³/mol. The van der Waals surface area contributed by atoms with Gasteiger partial charge in [0, 0.05) is 59.2 Å². The number of carbonyl (C=O) groups excluding carboxylic acids is 2. The van der Waals surface area contributed by atoms with Crippen LogP contribution in [0.4, 0.5) is 10.1 Å². The number of fused-ring (bicyclic) bond motifs is 7. The van der Waals surface area contributed by atoms with E-state index in [2.05, 4.69) is 14.8 Å². The summed E-state index contributed by atoms with van der Waals surface area (Å²) in [4.78, 5) is 35.2. The van der Waals surface area contributed by atoms with Crippen molar-refractivity contribution in [2.75, 3.05) is 11.9 Å². The largest absolute Gasteiger partial charge is 0.328 e. The number of rotatable bonds is 6. The Morgan fingerprint density at radius 2 is 1.82 bits per heavy atom. The molecule has 1 saturated heterocycles. The Labute approximate surface area is 271 Å². The number of hydrogen-bond acceptors (Lipinski definition) is 4. The summed E-state index contributed by atoms with van der Waals surface area (Å²) >= 11 is 12.9. The molecule has 1 amide bonds. The summed E-state index contributed by atoms with van der Waals surface area (Å²) in [5, 5.41) is 3.71. The van der Waals surface area contributed by atoms with E-state index in [0.717, 1.165) is 67.6 Å². The van der Waals surface area contributed by atoms with Gasteiger partial charge in [0.1, 0.15) is 17.2 Å². The number of hydrogen-bond donors (Lipinski definition) is 1. The highest BCUT2D eigenvalue weighted by Gasteiger charge is 2.69. The van der Waals surface area contributed by atoms with Gasteiger partial charge in [0.2, 0.25) is 5.91 Å². The molecule has 0 bridgehead atoms. The average molecular weight is 646 g/mol. The molecule has 1 aromatic heterocycles. The second-order valence-electron chi connectivity index (χ2n) is 13.4. The van der Waals surface area contributed by atoms with Crippen molar-refractivity contribution < 1.29 is 14.0 Å². The number of nitrogens with zero attached hydrogens (tertiary/aromatic N) is 3. The number of aromatic nitrogens is 2. The number of amides is 1. The molecule has 5 aliphatic rings. The van der Waals surface area contributed by atoms with Gasteiger partial charge in [0.05, 0.1) is 16.1 Å². The normalized spacial score (nSPS) is 26.8. The van der Waals surface area contributed by atoms with Crippen molar-refractivity contribution in [1.82, 2.24) is 14.5 Å². The number of anilines is 1. The lowest BCUT2D eigenvalue weighted by atomic mass is 9.70. The molecule has 3 fully saturated rings. The van der Waals surface area contributed by atoms with Gasteiger partial charge >= 0.3 is 0 Å². The molecule has 9 rings (SSSR count). The van der Waals surface area contributed by atoms with E-state index in [-0.39, 0.29) is 36.1 Å². The van der Waals surface area contributed by atoms with Crippen LogP contribution >= 0.6 is 23.2 Å². The molecule has 2 aliphatic carbocycles. The highest BCUT2D eigenvalue weighted by molar-refractivity contribution is 6.31. The number of imidazole rings is 1. The first-order valence-electron chi connectivity index (χ1n) is 15.7. The van der Waals surface area contributed by atoms with E-state index in [1.165, 1.54) is 0 Å². The Hall–Kier alpha value is -3.26. The fraction of sp³-hybridized carbons (Fsp3) is 0.417. The van der Waals surface area contributed by atoms with Crippen LogP contribution in [0, 0.1) is 17.7 Å².